The highest BCUT2D eigenvalue weighted by atomic mass is 16.5. The molecule has 1 aliphatic heterocycles. The van der Waals surface area contributed by atoms with E-state index in [1.54, 1.807) is 0 Å². The standard InChI is InChI=1S/C14H26N4O/c1-10(2)8-14-16-13(17-19-14)9-18-6-4-12(5-7-18)11(3)15/h10-12H,4-9,15H2,1-3H3. The Morgan fingerprint density at radius 3 is 2.58 bits per heavy atom. The van der Waals surface area contributed by atoms with E-state index in [2.05, 4.69) is 35.8 Å². The topological polar surface area (TPSA) is 68.2 Å². The molecule has 1 fully saturated rings. The van der Waals surface area contributed by atoms with Crippen molar-refractivity contribution >= 4 is 0 Å². The predicted molar refractivity (Wildman–Crippen MR) is 74.5 cm³/mol. The number of nitrogens with two attached hydrogens (primary N) is 1. The van der Waals surface area contributed by atoms with Gasteiger partial charge in [0.25, 0.3) is 0 Å². The first-order chi connectivity index (χ1) is 9.04. The van der Waals surface area contributed by atoms with E-state index in [9.17, 15) is 0 Å². The van der Waals surface area contributed by atoms with E-state index < -0.39 is 0 Å². The Hall–Kier alpha value is -0.940. The molecule has 0 saturated carbocycles. The molecule has 1 unspecified atom stereocenters. The summed E-state index contributed by atoms with van der Waals surface area (Å²) in [6.45, 7) is 9.39. The minimum absolute atomic E-state index is 0.310. The Bertz CT molecular complexity index is 381. The zero-order valence-electron chi connectivity index (χ0n) is 12.3. The summed E-state index contributed by atoms with van der Waals surface area (Å²) in [6.07, 6.45) is 3.21. The van der Waals surface area contributed by atoms with Gasteiger partial charge in [0.15, 0.2) is 5.82 Å². The van der Waals surface area contributed by atoms with Crippen molar-refractivity contribution in [2.24, 2.45) is 17.6 Å². The van der Waals surface area contributed by atoms with Gasteiger partial charge in [-0.15, -0.1) is 0 Å². The zero-order valence-corrected chi connectivity index (χ0v) is 12.3. The molecule has 2 rings (SSSR count). The molecule has 0 bridgehead atoms. The number of rotatable bonds is 5. The van der Waals surface area contributed by atoms with Gasteiger partial charge in [0.1, 0.15) is 0 Å². The largest absolute Gasteiger partial charge is 0.339 e. The highest BCUT2D eigenvalue weighted by Crippen LogP contribution is 2.20. The van der Waals surface area contributed by atoms with Crippen LogP contribution in [0, 0.1) is 11.8 Å². The van der Waals surface area contributed by atoms with E-state index in [1.165, 1.54) is 12.8 Å². The van der Waals surface area contributed by atoms with Crippen LogP contribution in [0.3, 0.4) is 0 Å². The Labute approximate surface area is 115 Å². The fourth-order valence-corrected chi connectivity index (χ4v) is 2.62. The summed E-state index contributed by atoms with van der Waals surface area (Å²) in [4.78, 5) is 6.85. The number of hydrogen-bond donors (Lipinski definition) is 1. The molecule has 1 aliphatic rings. The third-order valence-electron chi connectivity index (χ3n) is 3.83. The van der Waals surface area contributed by atoms with Crippen molar-refractivity contribution in [2.45, 2.75) is 52.6 Å². The lowest BCUT2D eigenvalue weighted by molar-refractivity contribution is 0.161. The molecule has 1 aromatic rings. The van der Waals surface area contributed by atoms with Gasteiger partial charge in [-0.3, -0.25) is 4.90 Å². The summed E-state index contributed by atoms with van der Waals surface area (Å²) in [5.74, 6) is 2.79. The number of nitrogens with zero attached hydrogens (tertiary/aromatic N) is 3. The third-order valence-corrected chi connectivity index (χ3v) is 3.83. The highest BCUT2D eigenvalue weighted by Gasteiger charge is 2.22. The first kappa shape index (κ1) is 14.5. The normalized spacial score (nSPS) is 20.1. The van der Waals surface area contributed by atoms with E-state index in [0.717, 1.165) is 37.8 Å². The summed E-state index contributed by atoms with van der Waals surface area (Å²) in [5.41, 5.74) is 5.96. The molecular weight excluding hydrogens is 240 g/mol. The van der Waals surface area contributed by atoms with Gasteiger partial charge in [0.05, 0.1) is 6.54 Å². The molecule has 0 amide bonds. The third kappa shape index (κ3) is 4.28. The van der Waals surface area contributed by atoms with Gasteiger partial charge in [-0.25, -0.2) is 0 Å². The smallest absolute Gasteiger partial charge is 0.226 e. The van der Waals surface area contributed by atoms with Gasteiger partial charge in [0.2, 0.25) is 5.89 Å². The molecule has 2 heterocycles. The van der Waals surface area contributed by atoms with Gasteiger partial charge < -0.3 is 10.3 Å². The average Bonchev–Trinajstić information content (AvgIpc) is 2.76. The fourth-order valence-electron chi connectivity index (χ4n) is 2.62. The van der Waals surface area contributed by atoms with Crippen LogP contribution in [0.1, 0.15) is 45.3 Å². The molecule has 0 aliphatic carbocycles. The highest BCUT2D eigenvalue weighted by molar-refractivity contribution is 4.88. The second kappa shape index (κ2) is 6.48. The molecular formula is C14H26N4O. The van der Waals surface area contributed by atoms with Crippen molar-refractivity contribution < 1.29 is 4.52 Å². The van der Waals surface area contributed by atoms with Crippen LogP contribution in [-0.4, -0.2) is 34.2 Å². The first-order valence-corrected chi connectivity index (χ1v) is 7.34. The van der Waals surface area contributed by atoms with Crippen molar-refractivity contribution in [3.8, 4) is 0 Å². The first-order valence-electron chi connectivity index (χ1n) is 7.34. The number of hydrogen-bond acceptors (Lipinski definition) is 5. The lowest BCUT2D eigenvalue weighted by atomic mass is 9.91. The molecule has 0 aromatic carbocycles. The number of aromatic nitrogens is 2. The monoisotopic (exact) mass is 266 g/mol. The van der Waals surface area contributed by atoms with Crippen molar-refractivity contribution in [1.82, 2.24) is 15.0 Å². The van der Waals surface area contributed by atoms with Crippen LogP contribution in [0.25, 0.3) is 0 Å². The van der Waals surface area contributed by atoms with Crippen LogP contribution in [0.2, 0.25) is 0 Å². The molecule has 0 spiro atoms. The molecule has 1 atom stereocenters. The van der Waals surface area contributed by atoms with Crippen LogP contribution in [0.15, 0.2) is 4.52 Å². The molecule has 1 saturated heterocycles. The van der Waals surface area contributed by atoms with E-state index in [-0.39, 0.29) is 0 Å². The van der Waals surface area contributed by atoms with Crippen molar-refractivity contribution in [3.05, 3.63) is 11.7 Å². The van der Waals surface area contributed by atoms with Crippen LogP contribution in [0.4, 0.5) is 0 Å². The quantitative estimate of drug-likeness (QED) is 0.880. The van der Waals surface area contributed by atoms with Gasteiger partial charge >= 0.3 is 0 Å². The van der Waals surface area contributed by atoms with Gasteiger partial charge in [-0.05, 0) is 44.7 Å². The Morgan fingerprint density at radius 1 is 1.32 bits per heavy atom. The van der Waals surface area contributed by atoms with Crippen LogP contribution >= 0.6 is 0 Å². The zero-order chi connectivity index (χ0) is 13.8. The Morgan fingerprint density at radius 2 is 2.00 bits per heavy atom. The fraction of sp³-hybridized carbons (Fsp3) is 0.857. The predicted octanol–water partition coefficient (Wildman–Crippen LogP) is 1.83. The molecule has 2 N–H and O–H groups in total. The second-order valence-electron chi connectivity index (χ2n) is 6.18. The van der Waals surface area contributed by atoms with Gasteiger partial charge in [-0.1, -0.05) is 19.0 Å². The average molecular weight is 266 g/mol. The number of piperidine rings is 1. The summed E-state index contributed by atoms with van der Waals surface area (Å²) < 4.78 is 5.27. The second-order valence-corrected chi connectivity index (χ2v) is 6.18. The van der Waals surface area contributed by atoms with E-state index in [0.29, 0.717) is 17.9 Å². The molecule has 1 aromatic heterocycles. The van der Waals surface area contributed by atoms with Gasteiger partial charge in [0, 0.05) is 12.5 Å². The Balaban J connectivity index is 1.80. The maximum Gasteiger partial charge on any atom is 0.226 e. The van der Waals surface area contributed by atoms with Crippen molar-refractivity contribution in [3.63, 3.8) is 0 Å². The SMILES string of the molecule is CC(C)Cc1nc(CN2CCC(C(C)N)CC2)no1. The Kier molecular flexibility index (Phi) is 4.93. The maximum absolute atomic E-state index is 5.96. The summed E-state index contributed by atoms with van der Waals surface area (Å²) >= 11 is 0. The van der Waals surface area contributed by atoms with Gasteiger partial charge in [-0.2, -0.15) is 4.98 Å². The van der Waals surface area contributed by atoms with Crippen LogP contribution < -0.4 is 5.73 Å². The van der Waals surface area contributed by atoms with E-state index in [4.69, 9.17) is 10.3 Å². The lowest BCUT2D eigenvalue weighted by Crippen LogP contribution is -2.39. The van der Waals surface area contributed by atoms with E-state index in [1.807, 2.05) is 0 Å². The molecule has 5 nitrogen and oxygen atoms in total. The summed E-state index contributed by atoms with van der Waals surface area (Å²) in [7, 11) is 0. The molecule has 19 heavy (non-hydrogen) atoms. The lowest BCUT2D eigenvalue weighted by Gasteiger charge is -2.32. The summed E-state index contributed by atoms with van der Waals surface area (Å²) in [5, 5.41) is 4.07. The van der Waals surface area contributed by atoms with E-state index >= 15 is 0 Å². The van der Waals surface area contributed by atoms with Crippen LogP contribution in [-0.2, 0) is 13.0 Å². The van der Waals surface area contributed by atoms with Crippen molar-refractivity contribution in [2.75, 3.05) is 13.1 Å². The maximum atomic E-state index is 5.96. The minimum Gasteiger partial charge on any atom is -0.339 e. The minimum atomic E-state index is 0.310. The number of likely N-dealkylation sites (tertiary alicyclic amines) is 1. The van der Waals surface area contributed by atoms with Crippen molar-refractivity contribution in [1.29, 1.82) is 0 Å². The molecule has 108 valence electrons. The summed E-state index contributed by atoms with van der Waals surface area (Å²) in [6, 6.07) is 0.310. The van der Waals surface area contributed by atoms with Crippen LogP contribution in [0.5, 0.6) is 0 Å². The molecule has 5 heteroatoms. The molecule has 0 radical (unpaired) electrons.